The van der Waals surface area contributed by atoms with Crippen molar-refractivity contribution in [2.75, 3.05) is 0 Å². The number of rotatable bonds is 3. The molecular formula is C16H16O3. The molecule has 2 aromatic rings. The lowest BCUT2D eigenvalue weighted by Gasteiger charge is -2.09. The molecule has 0 bridgehead atoms. The minimum absolute atomic E-state index is 0.260. The molecule has 3 nitrogen and oxygen atoms in total. The molecule has 3 heteroatoms. The van der Waals surface area contributed by atoms with Gasteiger partial charge in [-0.15, -0.1) is 0 Å². The van der Waals surface area contributed by atoms with Crippen molar-refractivity contribution in [3.63, 3.8) is 0 Å². The summed E-state index contributed by atoms with van der Waals surface area (Å²) in [6.45, 7) is 0.474. The number of fused-ring (bicyclic) bond motifs is 1. The number of hydrogen-bond acceptors (Lipinski definition) is 3. The molecule has 0 saturated carbocycles. The molecule has 1 unspecified atom stereocenters. The van der Waals surface area contributed by atoms with E-state index < -0.39 is 0 Å². The van der Waals surface area contributed by atoms with Gasteiger partial charge in [-0.1, -0.05) is 18.2 Å². The van der Waals surface area contributed by atoms with Crippen molar-refractivity contribution in [2.45, 2.75) is 25.6 Å². The molecule has 0 heterocycles. The molecule has 2 aromatic carbocycles. The first-order valence-electron chi connectivity index (χ1n) is 6.44. The van der Waals surface area contributed by atoms with E-state index in [1.54, 1.807) is 12.1 Å². The number of aryl methyl sites for hydroxylation is 1. The van der Waals surface area contributed by atoms with Gasteiger partial charge in [0.1, 0.15) is 18.1 Å². The second kappa shape index (κ2) is 4.94. The zero-order valence-electron chi connectivity index (χ0n) is 10.5. The predicted octanol–water partition coefficient (Wildman–Crippen LogP) is 2.95. The zero-order chi connectivity index (χ0) is 13.2. The number of phenols is 1. The highest BCUT2D eigenvalue weighted by molar-refractivity contribution is 5.40. The Bertz CT molecular complexity index is 575. The van der Waals surface area contributed by atoms with Crippen LogP contribution in [0.1, 0.15) is 29.2 Å². The highest BCUT2D eigenvalue weighted by Crippen LogP contribution is 2.33. The van der Waals surface area contributed by atoms with Crippen molar-refractivity contribution in [1.29, 1.82) is 0 Å². The molecule has 1 aliphatic rings. The van der Waals surface area contributed by atoms with Crippen LogP contribution in [-0.2, 0) is 13.0 Å². The molecule has 3 rings (SSSR count). The third-order valence-electron chi connectivity index (χ3n) is 3.50. The average Bonchev–Trinajstić information content (AvgIpc) is 2.79. The van der Waals surface area contributed by atoms with E-state index in [0.29, 0.717) is 6.61 Å². The number of aliphatic hydroxyl groups is 1. The van der Waals surface area contributed by atoms with Crippen LogP contribution in [0.5, 0.6) is 11.5 Å². The monoisotopic (exact) mass is 256 g/mol. The van der Waals surface area contributed by atoms with E-state index in [1.807, 2.05) is 30.3 Å². The summed E-state index contributed by atoms with van der Waals surface area (Å²) in [6, 6.07) is 12.8. The summed E-state index contributed by atoms with van der Waals surface area (Å²) in [5, 5.41) is 18.9. The van der Waals surface area contributed by atoms with Gasteiger partial charge in [0.15, 0.2) is 0 Å². The molecule has 0 aliphatic heterocycles. The molecule has 0 radical (unpaired) electrons. The molecule has 1 atom stereocenters. The van der Waals surface area contributed by atoms with E-state index in [-0.39, 0.29) is 11.9 Å². The first kappa shape index (κ1) is 12.1. The van der Waals surface area contributed by atoms with Crippen LogP contribution < -0.4 is 4.74 Å². The molecule has 0 saturated heterocycles. The largest absolute Gasteiger partial charge is 0.508 e. The van der Waals surface area contributed by atoms with Crippen LogP contribution in [0.2, 0.25) is 0 Å². The third-order valence-corrected chi connectivity index (χ3v) is 3.50. The Hall–Kier alpha value is -2.00. The predicted molar refractivity (Wildman–Crippen MR) is 72.2 cm³/mol. The maximum atomic E-state index is 9.74. The van der Waals surface area contributed by atoms with Crippen LogP contribution in [0.25, 0.3) is 0 Å². The average molecular weight is 256 g/mol. The van der Waals surface area contributed by atoms with Gasteiger partial charge in [0.2, 0.25) is 0 Å². The molecule has 98 valence electrons. The Labute approximate surface area is 112 Å². The van der Waals surface area contributed by atoms with Crippen LogP contribution in [0.4, 0.5) is 0 Å². The van der Waals surface area contributed by atoms with E-state index in [9.17, 15) is 10.2 Å². The highest BCUT2D eigenvalue weighted by Gasteiger charge is 2.20. The summed E-state index contributed by atoms with van der Waals surface area (Å²) in [5.74, 6) is 1.08. The molecule has 19 heavy (non-hydrogen) atoms. The van der Waals surface area contributed by atoms with Gasteiger partial charge in [-0.2, -0.15) is 0 Å². The normalized spacial score (nSPS) is 17.2. The molecule has 2 N–H and O–H groups in total. The molecule has 0 aromatic heterocycles. The SMILES string of the molecule is Oc1ccc(COc2ccc3c(c2)CCC3O)cc1. The van der Waals surface area contributed by atoms with E-state index in [4.69, 9.17) is 4.74 Å². The second-order valence-electron chi connectivity index (χ2n) is 4.87. The standard InChI is InChI=1S/C16H16O3/c17-13-4-1-11(2-5-13)10-19-14-6-7-15-12(9-14)3-8-16(15)18/h1-2,4-7,9,16-18H,3,8,10H2. The Balaban J connectivity index is 1.69. The van der Waals surface area contributed by atoms with Gasteiger partial charge < -0.3 is 14.9 Å². The van der Waals surface area contributed by atoms with Gasteiger partial charge >= 0.3 is 0 Å². The number of phenolic OH excluding ortho intramolecular Hbond substituents is 1. The minimum Gasteiger partial charge on any atom is -0.508 e. The maximum absolute atomic E-state index is 9.74. The van der Waals surface area contributed by atoms with Gasteiger partial charge in [-0.25, -0.2) is 0 Å². The molecule has 1 aliphatic carbocycles. The molecule has 0 fully saturated rings. The summed E-state index contributed by atoms with van der Waals surface area (Å²) in [7, 11) is 0. The lowest BCUT2D eigenvalue weighted by atomic mass is 10.1. The Kier molecular flexibility index (Phi) is 3.13. The van der Waals surface area contributed by atoms with Crippen molar-refractivity contribution in [2.24, 2.45) is 0 Å². The van der Waals surface area contributed by atoms with Crippen molar-refractivity contribution in [3.8, 4) is 11.5 Å². The van der Waals surface area contributed by atoms with Crippen LogP contribution in [0.15, 0.2) is 42.5 Å². The number of aliphatic hydroxyl groups excluding tert-OH is 1. The molecular weight excluding hydrogens is 240 g/mol. The quantitative estimate of drug-likeness (QED) is 0.887. The van der Waals surface area contributed by atoms with Crippen molar-refractivity contribution in [3.05, 3.63) is 59.2 Å². The number of benzene rings is 2. The lowest BCUT2D eigenvalue weighted by molar-refractivity contribution is 0.180. The zero-order valence-corrected chi connectivity index (χ0v) is 10.5. The fourth-order valence-electron chi connectivity index (χ4n) is 2.42. The minimum atomic E-state index is -0.318. The number of hydrogen-bond donors (Lipinski definition) is 2. The fourth-order valence-corrected chi connectivity index (χ4v) is 2.42. The highest BCUT2D eigenvalue weighted by atomic mass is 16.5. The summed E-state index contributed by atoms with van der Waals surface area (Å²) < 4.78 is 5.73. The van der Waals surface area contributed by atoms with E-state index in [1.165, 1.54) is 5.56 Å². The summed E-state index contributed by atoms with van der Waals surface area (Å²) in [4.78, 5) is 0. The van der Waals surface area contributed by atoms with E-state index in [2.05, 4.69) is 0 Å². The molecule has 0 spiro atoms. The van der Waals surface area contributed by atoms with Gasteiger partial charge in [-0.05, 0) is 53.8 Å². The molecule has 0 amide bonds. The van der Waals surface area contributed by atoms with Gasteiger partial charge in [0.25, 0.3) is 0 Å². The lowest BCUT2D eigenvalue weighted by Crippen LogP contribution is -1.96. The Morgan fingerprint density at radius 2 is 1.89 bits per heavy atom. The van der Waals surface area contributed by atoms with Crippen LogP contribution in [-0.4, -0.2) is 10.2 Å². The fraction of sp³-hybridized carbons (Fsp3) is 0.250. The second-order valence-corrected chi connectivity index (χ2v) is 4.87. The van der Waals surface area contributed by atoms with E-state index >= 15 is 0 Å². The summed E-state index contributed by atoms with van der Waals surface area (Å²) in [5.41, 5.74) is 3.21. The van der Waals surface area contributed by atoms with E-state index in [0.717, 1.165) is 29.7 Å². The van der Waals surface area contributed by atoms with Crippen LogP contribution >= 0.6 is 0 Å². The van der Waals surface area contributed by atoms with Gasteiger partial charge in [-0.3, -0.25) is 0 Å². The maximum Gasteiger partial charge on any atom is 0.120 e. The number of aromatic hydroxyl groups is 1. The Morgan fingerprint density at radius 3 is 2.68 bits per heavy atom. The van der Waals surface area contributed by atoms with Crippen molar-refractivity contribution >= 4 is 0 Å². The summed E-state index contributed by atoms with van der Waals surface area (Å²) in [6.07, 6.45) is 1.39. The van der Waals surface area contributed by atoms with Crippen molar-refractivity contribution in [1.82, 2.24) is 0 Å². The first-order valence-corrected chi connectivity index (χ1v) is 6.44. The number of ether oxygens (including phenoxy) is 1. The smallest absolute Gasteiger partial charge is 0.120 e. The first-order chi connectivity index (χ1) is 9.22. The van der Waals surface area contributed by atoms with Crippen LogP contribution in [0, 0.1) is 0 Å². The third kappa shape index (κ3) is 2.56. The van der Waals surface area contributed by atoms with Crippen molar-refractivity contribution < 1.29 is 14.9 Å². The van der Waals surface area contributed by atoms with Crippen LogP contribution in [0.3, 0.4) is 0 Å². The summed E-state index contributed by atoms with van der Waals surface area (Å²) >= 11 is 0. The Morgan fingerprint density at radius 1 is 1.11 bits per heavy atom. The van der Waals surface area contributed by atoms with Gasteiger partial charge in [0.05, 0.1) is 6.10 Å². The topological polar surface area (TPSA) is 49.7 Å². The van der Waals surface area contributed by atoms with Gasteiger partial charge in [0, 0.05) is 0 Å².